The highest BCUT2D eigenvalue weighted by Gasteiger charge is 2.11. The molecule has 1 N–H and O–H groups in total. The van der Waals surface area contributed by atoms with Crippen molar-refractivity contribution in [1.82, 2.24) is 5.32 Å². The third kappa shape index (κ3) is 11.1. The molecule has 1 heteroatoms. The van der Waals surface area contributed by atoms with Gasteiger partial charge in [-0.05, 0) is 19.3 Å². The molecule has 1 nitrogen and oxygen atoms in total. The van der Waals surface area contributed by atoms with Crippen LogP contribution in [0.5, 0.6) is 0 Å². The van der Waals surface area contributed by atoms with Crippen LogP contribution in [-0.2, 0) is 0 Å². The van der Waals surface area contributed by atoms with E-state index in [0.29, 0.717) is 12.1 Å². The largest absolute Gasteiger partial charge is 0.312 e. The molecule has 18 heavy (non-hydrogen) atoms. The van der Waals surface area contributed by atoms with Crippen LogP contribution >= 0.6 is 0 Å². The molecule has 0 radical (unpaired) electrons. The predicted octanol–water partition coefficient (Wildman–Crippen LogP) is 5.54. The lowest BCUT2D eigenvalue weighted by molar-refractivity contribution is 0.345. The Kier molecular flexibility index (Phi) is 12.0. The second-order valence-electron chi connectivity index (χ2n) is 6.35. The molecule has 0 saturated carbocycles. The second kappa shape index (κ2) is 12.0. The second-order valence-corrected chi connectivity index (χ2v) is 6.35. The minimum atomic E-state index is 0.612. The molecule has 0 aromatic heterocycles. The van der Waals surface area contributed by atoms with Crippen molar-refractivity contribution < 1.29 is 0 Å². The summed E-state index contributed by atoms with van der Waals surface area (Å²) in [6, 6.07) is 1.27. The van der Waals surface area contributed by atoms with Gasteiger partial charge in [0, 0.05) is 12.1 Å². The van der Waals surface area contributed by atoms with Crippen LogP contribution in [0.3, 0.4) is 0 Å². The zero-order valence-corrected chi connectivity index (χ0v) is 13.6. The van der Waals surface area contributed by atoms with Crippen LogP contribution in [0.25, 0.3) is 0 Å². The maximum absolute atomic E-state index is 3.62. The van der Waals surface area contributed by atoms with Crippen molar-refractivity contribution in [3.8, 4) is 0 Å². The van der Waals surface area contributed by atoms with Crippen molar-refractivity contribution in [2.24, 2.45) is 5.92 Å². The number of unbranched alkanes of at least 4 members (excludes halogenated alkanes) is 7. The Hall–Kier alpha value is -0.0400. The van der Waals surface area contributed by atoms with Crippen molar-refractivity contribution in [3.05, 3.63) is 0 Å². The van der Waals surface area contributed by atoms with Crippen molar-refractivity contribution >= 4 is 0 Å². The van der Waals surface area contributed by atoms with Gasteiger partial charge in [-0.1, -0.05) is 79.1 Å². The van der Waals surface area contributed by atoms with E-state index in [2.05, 4.69) is 39.9 Å². The van der Waals surface area contributed by atoms with Gasteiger partial charge >= 0.3 is 0 Å². The molecule has 0 aromatic carbocycles. The summed E-state index contributed by atoms with van der Waals surface area (Å²) in [5, 5.41) is 3.62. The standard InChI is InChI=1S/C17H37N/c1-6-7-8-9-10-11-12-13-14-16(4)17(5)18-15(2)3/h15-18H,6-14H2,1-5H3. The maximum atomic E-state index is 3.62. The van der Waals surface area contributed by atoms with E-state index in [9.17, 15) is 0 Å². The fraction of sp³-hybridized carbons (Fsp3) is 1.00. The van der Waals surface area contributed by atoms with E-state index >= 15 is 0 Å². The summed E-state index contributed by atoms with van der Waals surface area (Å²) in [6.07, 6.45) is 12.8. The van der Waals surface area contributed by atoms with Crippen LogP contribution in [-0.4, -0.2) is 12.1 Å². The zero-order valence-electron chi connectivity index (χ0n) is 13.6. The van der Waals surface area contributed by atoms with Crippen LogP contribution < -0.4 is 5.32 Å². The van der Waals surface area contributed by atoms with Gasteiger partial charge in [-0.2, -0.15) is 0 Å². The van der Waals surface area contributed by atoms with Gasteiger partial charge in [0.1, 0.15) is 0 Å². The van der Waals surface area contributed by atoms with Gasteiger partial charge in [-0.25, -0.2) is 0 Å². The van der Waals surface area contributed by atoms with Gasteiger partial charge in [0.25, 0.3) is 0 Å². The molecule has 0 aromatic rings. The average Bonchev–Trinajstić information content (AvgIpc) is 2.31. The SMILES string of the molecule is CCCCCCCCCCC(C)C(C)NC(C)C. The molecule has 0 rings (SSSR count). The highest BCUT2D eigenvalue weighted by atomic mass is 14.9. The maximum Gasteiger partial charge on any atom is 0.00667 e. The van der Waals surface area contributed by atoms with Gasteiger partial charge in [0.15, 0.2) is 0 Å². The quantitative estimate of drug-likeness (QED) is 0.451. The fourth-order valence-corrected chi connectivity index (χ4v) is 2.54. The third-order valence-electron chi connectivity index (χ3n) is 3.96. The topological polar surface area (TPSA) is 12.0 Å². The van der Waals surface area contributed by atoms with Crippen molar-refractivity contribution in [3.63, 3.8) is 0 Å². The van der Waals surface area contributed by atoms with Crippen LogP contribution in [0.15, 0.2) is 0 Å². The number of hydrogen-bond donors (Lipinski definition) is 1. The first-order valence-electron chi connectivity index (χ1n) is 8.34. The lowest BCUT2D eigenvalue weighted by Crippen LogP contribution is -2.36. The van der Waals surface area contributed by atoms with E-state index in [1.807, 2.05) is 0 Å². The Balaban J connectivity index is 3.32. The van der Waals surface area contributed by atoms with Crippen molar-refractivity contribution in [2.45, 2.75) is 104 Å². The summed E-state index contributed by atoms with van der Waals surface area (Å²) in [5.41, 5.74) is 0. The molecule has 2 unspecified atom stereocenters. The van der Waals surface area contributed by atoms with Crippen LogP contribution in [0.4, 0.5) is 0 Å². The van der Waals surface area contributed by atoms with E-state index in [-0.39, 0.29) is 0 Å². The van der Waals surface area contributed by atoms with Crippen molar-refractivity contribution in [2.75, 3.05) is 0 Å². The molecule has 0 spiro atoms. The van der Waals surface area contributed by atoms with E-state index in [1.165, 1.54) is 57.8 Å². The lowest BCUT2D eigenvalue weighted by Gasteiger charge is -2.23. The first-order valence-corrected chi connectivity index (χ1v) is 8.34. The molecular weight excluding hydrogens is 218 g/mol. The van der Waals surface area contributed by atoms with Gasteiger partial charge in [-0.15, -0.1) is 0 Å². The third-order valence-corrected chi connectivity index (χ3v) is 3.96. The summed E-state index contributed by atoms with van der Waals surface area (Å²) in [4.78, 5) is 0. The van der Waals surface area contributed by atoms with E-state index in [1.54, 1.807) is 0 Å². The number of nitrogens with one attached hydrogen (secondary N) is 1. The predicted molar refractivity (Wildman–Crippen MR) is 84.1 cm³/mol. The summed E-state index contributed by atoms with van der Waals surface area (Å²) in [7, 11) is 0. The minimum absolute atomic E-state index is 0.612. The van der Waals surface area contributed by atoms with Gasteiger partial charge < -0.3 is 5.32 Å². The fourth-order valence-electron chi connectivity index (χ4n) is 2.54. The first kappa shape index (κ1) is 18.0. The molecular formula is C17H37N. The highest BCUT2D eigenvalue weighted by Crippen LogP contribution is 2.15. The van der Waals surface area contributed by atoms with Crippen LogP contribution in [0.2, 0.25) is 0 Å². The Morgan fingerprint density at radius 2 is 1.22 bits per heavy atom. The molecule has 110 valence electrons. The Morgan fingerprint density at radius 3 is 1.72 bits per heavy atom. The molecule has 0 aliphatic rings. The Morgan fingerprint density at radius 1 is 0.722 bits per heavy atom. The Bertz CT molecular complexity index is 165. The number of rotatable bonds is 12. The van der Waals surface area contributed by atoms with Crippen LogP contribution in [0, 0.1) is 5.92 Å². The normalized spacial score (nSPS) is 15.0. The van der Waals surface area contributed by atoms with Gasteiger partial charge in [0.2, 0.25) is 0 Å². The average molecular weight is 255 g/mol. The molecule has 0 fully saturated rings. The van der Waals surface area contributed by atoms with Crippen LogP contribution in [0.1, 0.15) is 92.4 Å². The summed E-state index contributed by atoms with van der Waals surface area (Å²) in [5.74, 6) is 0.812. The summed E-state index contributed by atoms with van der Waals surface area (Å²) < 4.78 is 0. The number of hydrogen-bond acceptors (Lipinski definition) is 1. The van der Waals surface area contributed by atoms with E-state index < -0.39 is 0 Å². The first-order chi connectivity index (χ1) is 8.57. The summed E-state index contributed by atoms with van der Waals surface area (Å²) in [6.45, 7) is 11.5. The monoisotopic (exact) mass is 255 g/mol. The molecule has 0 amide bonds. The van der Waals surface area contributed by atoms with E-state index in [0.717, 1.165) is 5.92 Å². The van der Waals surface area contributed by atoms with E-state index in [4.69, 9.17) is 0 Å². The minimum Gasteiger partial charge on any atom is -0.312 e. The summed E-state index contributed by atoms with van der Waals surface area (Å²) >= 11 is 0. The molecule has 0 aliphatic carbocycles. The molecule has 0 saturated heterocycles. The highest BCUT2D eigenvalue weighted by molar-refractivity contribution is 4.70. The molecule has 0 aliphatic heterocycles. The Labute approximate surface area is 116 Å². The molecule has 0 heterocycles. The van der Waals surface area contributed by atoms with Crippen molar-refractivity contribution in [1.29, 1.82) is 0 Å². The van der Waals surface area contributed by atoms with Gasteiger partial charge in [0.05, 0.1) is 0 Å². The van der Waals surface area contributed by atoms with Gasteiger partial charge in [-0.3, -0.25) is 0 Å². The zero-order chi connectivity index (χ0) is 13.8. The molecule has 0 bridgehead atoms. The smallest absolute Gasteiger partial charge is 0.00667 e. The lowest BCUT2D eigenvalue weighted by atomic mass is 9.95. The molecule has 2 atom stereocenters.